The molecule has 0 amide bonds. The number of sulfone groups is 1. The van der Waals surface area contributed by atoms with E-state index in [1.165, 1.54) is 0 Å². The maximum atomic E-state index is 12.9. The molecule has 4 heteroatoms. The van der Waals surface area contributed by atoms with E-state index in [1.807, 2.05) is 6.92 Å². The zero-order chi connectivity index (χ0) is 15.4. The highest BCUT2D eigenvalue weighted by Crippen LogP contribution is 2.61. The number of benzene rings is 1. The van der Waals surface area contributed by atoms with E-state index < -0.39 is 9.84 Å². The smallest absolute Gasteiger partial charge is 0.210 e. The standard InChI is InChI=1S/C17H20O3S/c1-4-12-13-10-14(17(13,2)3)15(18)16(12)21(19,20)11-8-6-5-7-9-11/h5-9,13-14H,4,10H2,1-3H3/t13-,14+/m1/s1. The first-order valence-electron chi connectivity index (χ1n) is 7.39. The first-order valence-corrected chi connectivity index (χ1v) is 8.87. The van der Waals surface area contributed by atoms with Crippen molar-refractivity contribution in [3.05, 3.63) is 40.8 Å². The summed E-state index contributed by atoms with van der Waals surface area (Å²) in [5, 5.41) is 0. The van der Waals surface area contributed by atoms with Gasteiger partial charge < -0.3 is 0 Å². The van der Waals surface area contributed by atoms with Crippen LogP contribution in [0.15, 0.2) is 45.7 Å². The molecule has 0 radical (unpaired) electrons. The summed E-state index contributed by atoms with van der Waals surface area (Å²) in [6.07, 6.45) is 1.43. The number of fused-ring (bicyclic) bond motifs is 1. The van der Waals surface area contributed by atoms with Crippen molar-refractivity contribution in [1.82, 2.24) is 0 Å². The van der Waals surface area contributed by atoms with Crippen molar-refractivity contribution in [1.29, 1.82) is 0 Å². The second-order valence-corrected chi connectivity index (χ2v) is 8.44. The Kier molecular flexibility index (Phi) is 3.14. The number of allylic oxidation sites excluding steroid dienone is 2. The van der Waals surface area contributed by atoms with Crippen LogP contribution in [0, 0.1) is 17.3 Å². The van der Waals surface area contributed by atoms with Crippen LogP contribution < -0.4 is 0 Å². The third-order valence-corrected chi connectivity index (χ3v) is 7.12. The quantitative estimate of drug-likeness (QED) is 0.860. The lowest BCUT2D eigenvalue weighted by molar-refractivity contribution is -0.134. The van der Waals surface area contributed by atoms with Crippen molar-refractivity contribution in [3.63, 3.8) is 0 Å². The van der Waals surface area contributed by atoms with E-state index in [4.69, 9.17) is 0 Å². The molecule has 0 saturated heterocycles. The number of hydrogen-bond donors (Lipinski definition) is 0. The van der Waals surface area contributed by atoms with Crippen LogP contribution in [0.5, 0.6) is 0 Å². The highest BCUT2D eigenvalue weighted by molar-refractivity contribution is 7.96. The van der Waals surface area contributed by atoms with Crippen molar-refractivity contribution in [3.8, 4) is 0 Å². The van der Waals surface area contributed by atoms with E-state index in [9.17, 15) is 13.2 Å². The molecule has 112 valence electrons. The summed E-state index contributed by atoms with van der Waals surface area (Å²) in [6, 6.07) is 8.29. The molecular formula is C17H20O3S. The lowest BCUT2D eigenvalue weighted by atomic mass is 9.48. The molecule has 1 saturated carbocycles. The van der Waals surface area contributed by atoms with Crippen LogP contribution in [-0.4, -0.2) is 14.2 Å². The molecule has 0 heterocycles. The summed E-state index contributed by atoms with van der Waals surface area (Å²) in [5.41, 5.74) is 0.731. The highest BCUT2D eigenvalue weighted by Gasteiger charge is 2.59. The van der Waals surface area contributed by atoms with E-state index in [1.54, 1.807) is 30.3 Å². The molecule has 3 aliphatic carbocycles. The molecule has 0 N–H and O–H groups in total. The lowest BCUT2D eigenvalue weighted by Crippen LogP contribution is -2.55. The topological polar surface area (TPSA) is 51.2 Å². The van der Waals surface area contributed by atoms with Gasteiger partial charge >= 0.3 is 0 Å². The highest BCUT2D eigenvalue weighted by atomic mass is 32.2. The largest absolute Gasteiger partial charge is 0.293 e. The number of Topliss-reactive ketones (excluding diaryl/α,β-unsaturated/α-hetero) is 1. The van der Waals surface area contributed by atoms with Gasteiger partial charge in [0.2, 0.25) is 9.84 Å². The van der Waals surface area contributed by atoms with Gasteiger partial charge in [0.15, 0.2) is 5.78 Å². The number of hydrogen-bond acceptors (Lipinski definition) is 3. The normalized spacial score (nSPS) is 27.5. The number of carbonyl (C=O) groups is 1. The van der Waals surface area contributed by atoms with E-state index in [-0.39, 0.29) is 32.8 Å². The number of rotatable bonds is 3. The van der Waals surface area contributed by atoms with Crippen LogP contribution in [0.25, 0.3) is 0 Å². The Hall–Kier alpha value is -1.42. The summed E-state index contributed by atoms with van der Waals surface area (Å²) in [7, 11) is -3.70. The maximum absolute atomic E-state index is 12.9. The van der Waals surface area contributed by atoms with Crippen molar-refractivity contribution in [2.24, 2.45) is 17.3 Å². The fourth-order valence-corrected chi connectivity index (χ4v) is 5.66. The van der Waals surface area contributed by atoms with Crippen molar-refractivity contribution < 1.29 is 13.2 Å². The van der Waals surface area contributed by atoms with Crippen LogP contribution in [-0.2, 0) is 14.6 Å². The zero-order valence-electron chi connectivity index (χ0n) is 12.6. The molecule has 0 aromatic heterocycles. The van der Waals surface area contributed by atoms with E-state index in [2.05, 4.69) is 13.8 Å². The first kappa shape index (κ1) is 14.5. The maximum Gasteiger partial charge on any atom is 0.210 e. The van der Waals surface area contributed by atoms with Crippen LogP contribution in [0.2, 0.25) is 0 Å². The van der Waals surface area contributed by atoms with Gasteiger partial charge in [-0.25, -0.2) is 8.42 Å². The molecule has 2 bridgehead atoms. The molecule has 0 aliphatic heterocycles. The monoisotopic (exact) mass is 304 g/mol. The molecule has 2 atom stereocenters. The van der Waals surface area contributed by atoms with Gasteiger partial charge in [0, 0.05) is 5.92 Å². The summed E-state index contributed by atoms with van der Waals surface area (Å²) < 4.78 is 25.7. The van der Waals surface area contributed by atoms with E-state index in [0.717, 1.165) is 12.0 Å². The molecule has 4 rings (SSSR count). The molecule has 3 nitrogen and oxygen atoms in total. The van der Waals surface area contributed by atoms with Crippen molar-refractivity contribution in [2.75, 3.05) is 0 Å². The second-order valence-electron chi connectivity index (χ2n) is 6.55. The van der Waals surface area contributed by atoms with Crippen molar-refractivity contribution >= 4 is 15.6 Å². The third kappa shape index (κ3) is 1.85. The fourth-order valence-electron chi connectivity index (χ4n) is 3.87. The second kappa shape index (κ2) is 4.54. The van der Waals surface area contributed by atoms with Gasteiger partial charge in [-0.2, -0.15) is 0 Å². The average molecular weight is 304 g/mol. The Balaban J connectivity index is 2.20. The summed E-state index contributed by atoms with van der Waals surface area (Å²) in [5.74, 6) is -0.104. The van der Waals surface area contributed by atoms with Gasteiger partial charge in [0.25, 0.3) is 0 Å². The number of ketones is 1. The molecular weight excluding hydrogens is 284 g/mol. The molecule has 3 aliphatic rings. The lowest BCUT2D eigenvalue weighted by Gasteiger charge is -2.56. The van der Waals surface area contributed by atoms with Gasteiger partial charge in [-0.15, -0.1) is 0 Å². The molecule has 1 aromatic carbocycles. The minimum atomic E-state index is -3.70. The molecule has 21 heavy (non-hydrogen) atoms. The molecule has 1 aromatic rings. The van der Waals surface area contributed by atoms with Gasteiger partial charge in [0.05, 0.1) is 4.90 Å². The van der Waals surface area contributed by atoms with Crippen molar-refractivity contribution in [2.45, 2.75) is 38.5 Å². The minimum Gasteiger partial charge on any atom is -0.293 e. The zero-order valence-corrected chi connectivity index (χ0v) is 13.4. The van der Waals surface area contributed by atoms with Gasteiger partial charge in [-0.3, -0.25) is 4.79 Å². The van der Waals surface area contributed by atoms with Crippen LogP contribution in [0.1, 0.15) is 33.6 Å². The van der Waals surface area contributed by atoms with Gasteiger partial charge in [-0.05, 0) is 41.9 Å². The predicted molar refractivity (Wildman–Crippen MR) is 81.3 cm³/mol. The Morgan fingerprint density at radius 1 is 1.14 bits per heavy atom. The van der Waals surface area contributed by atoms with Crippen LogP contribution in [0.4, 0.5) is 0 Å². The number of carbonyl (C=O) groups excluding carboxylic acids is 1. The SMILES string of the molecule is CCC1=C(S(=O)(=O)c2ccccc2)C(=O)[C@@H]2C[C@H]1C2(C)C. The minimum absolute atomic E-state index is 0.0803. The average Bonchev–Trinajstić information content (AvgIpc) is 2.46. The Bertz CT molecular complexity index is 727. The molecule has 0 unspecified atom stereocenters. The summed E-state index contributed by atoms with van der Waals surface area (Å²) in [4.78, 5) is 13.0. The fraction of sp³-hybridized carbons (Fsp3) is 0.471. The van der Waals surface area contributed by atoms with Gasteiger partial charge in [0.1, 0.15) is 4.91 Å². The Morgan fingerprint density at radius 3 is 2.29 bits per heavy atom. The Morgan fingerprint density at radius 2 is 1.76 bits per heavy atom. The predicted octanol–water partition coefficient (Wildman–Crippen LogP) is 3.37. The summed E-state index contributed by atoms with van der Waals surface area (Å²) >= 11 is 0. The van der Waals surface area contributed by atoms with Crippen LogP contribution in [0.3, 0.4) is 0 Å². The Labute approximate surface area is 126 Å². The first-order chi connectivity index (χ1) is 9.81. The van der Waals surface area contributed by atoms with Gasteiger partial charge in [-0.1, -0.05) is 39.0 Å². The summed E-state index contributed by atoms with van der Waals surface area (Å²) in [6.45, 7) is 6.09. The molecule has 1 fully saturated rings. The molecule has 0 spiro atoms. The van der Waals surface area contributed by atoms with E-state index in [0.29, 0.717) is 6.42 Å². The van der Waals surface area contributed by atoms with E-state index >= 15 is 0 Å². The third-order valence-electron chi connectivity index (χ3n) is 5.22. The van der Waals surface area contributed by atoms with Crippen LogP contribution >= 0.6 is 0 Å².